The average molecular weight is 382 g/mol. The molecule has 0 aliphatic heterocycles. The molecule has 0 atom stereocenters. The summed E-state index contributed by atoms with van der Waals surface area (Å²) in [5.41, 5.74) is 1.40. The highest BCUT2D eigenvalue weighted by molar-refractivity contribution is 7.88. The molecule has 1 N–H and O–H groups in total. The number of benzene rings is 1. The molecule has 0 aliphatic rings. The van der Waals surface area contributed by atoms with Gasteiger partial charge in [-0.3, -0.25) is 9.78 Å². The average Bonchev–Trinajstić information content (AvgIpc) is 2.57. The first kappa shape index (κ1) is 19.4. The molecule has 6 nitrogen and oxygen atoms in total. The molecule has 1 aromatic heterocycles. The Labute approximate surface area is 152 Å². The zero-order valence-corrected chi connectivity index (χ0v) is 15.4. The maximum absolute atomic E-state index is 12.0. The molecule has 1 aromatic carbocycles. The van der Waals surface area contributed by atoms with E-state index < -0.39 is 10.0 Å². The van der Waals surface area contributed by atoms with E-state index in [0.29, 0.717) is 23.6 Å². The van der Waals surface area contributed by atoms with Crippen LogP contribution in [0.1, 0.15) is 15.9 Å². The summed E-state index contributed by atoms with van der Waals surface area (Å²) < 4.78 is 25.2. The molecule has 0 aliphatic carbocycles. The first-order valence-electron chi connectivity index (χ1n) is 7.74. The fraction of sp³-hybridized carbons (Fsp3) is 0.294. The lowest BCUT2D eigenvalue weighted by Crippen LogP contribution is -2.39. The third kappa shape index (κ3) is 6.45. The minimum Gasteiger partial charge on any atom is -0.351 e. The smallest absolute Gasteiger partial charge is 0.252 e. The van der Waals surface area contributed by atoms with Crippen molar-refractivity contribution in [3.63, 3.8) is 0 Å². The number of hydrogen-bond donors (Lipinski definition) is 1. The first-order valence-corrected chi connectivity index (χ1v) is 9.96. The van der Waals surface area contributed by atoms with Gasteiger partial charge in [-0.1, -0.05) is 23.7 Å². The van der Waals surface area contributed by atoms with E-state index in [4.69, 9.17) is 11.6 Å². The van der Waals surface area contributed by atoms with Crippen LogP contribution in [0, 0.1) is 0 Å². The van der Waals surface area contributed by atoms with Crippen LogP contribution in [-0.4, -0.2) is 49.5 Å². The van der Waals surface area contributed by atoms with E-state index in [0.717, 1.165) is 11.8 Å². The zero-order valence-electron chi connectivity index (χ0n) is 13.9. The SMILES string of the molecule is CS(=O)(=O)N(CCNC(=O)c1cccnc1)CCc1cccc(Cl)c1. The molecule has 134 valence electrons. The van der Waals surface area contributed by atoms with Gasteiger partial charge in [0, 0.05) is 37.1 Å². The van der Waals surface area contributed by atoms with Crippen LogP contribution in [0.2, 0.25) is 5.02 Å². The van der Waals surface area contributed by atoms with Gasteiger partial charge in [0.15, 0.2) is 0 Å². The summed E-state index contributed by atoms with van der Waals surface area (Å²) in [6.07, 6.45) is 4.75. The van der Waals surface area contributed by atoms with Gasteiger partial charge in [-0.05, 0) is 36.2 Å². The number of carbonyl (C=O) groups excluding carboxylic acids is 1. The largest absolute Gasteiger partial charge is 0.351 e. The van der Waals surface area contributed by atoms with E-state index >= 15 is 0 Å². The van der Waals surface area contributed by atoms with Gasteiger partial charge >= 0.3 is 0 Å². The zero-order chi connectivity index (χ0) is 18.3. The summed E-state index contributed by atoms with van der Waals surface area (Å²) in [6, 6.07) is 10.6. The number of pyridine rings is 1. The molecule has 1 heterocycles. The molecular formula is C17H20ClN3O3S. The molecule has 0 saturated heterocycles. The summed E-state index contributed by atoms with van der Waals surface area (Å²) in [6.45, 7) is 0.740. The standard InChI is InChI=1S/C17H20ClN3O3S/c1-25(23,24)21(10-7-14-4-2-6-16(18)12-14)11-9-20-17(22)15-5-3-8-19-13-15/h2-6,8,12-13H,7,9-11H2,1H3,(H,20,22). The van der Waals surface area contributed by atoms with Gasteiger partial charge in [0.25, 0.3) is 5.91 Å². The molecule has 25 heavy (non-hydrogen) atoms. The third-order valence-corrected chi connectivity index (χ3v) is 5.12. The van der Waals surface area contributed by atoms with Crippen molar-refractivity contribution in [3.05, 3.63) is 64.9 Å². The summed E-state index contributed by atoms with van der Waals surface area (Å²) in [5, 5.41) is 3.32. The second kappa shape index (κ2) is 8.94. The molecule has 0 saturated carbocycles. The Bertz CT molecular complexity index is 813. The number of nitrogens with zero attached hydrogens (tertiary/aromatic N) is 2. The summed E-state index contributed by atoms with van der Waals surface area (Å²) in [7, 11) is -3.37. The molecule has 2 rings (SSSR count). The van der Waals surface area contributed by atoms with Crippen molar-refractivity contribution in [1.29, 1.82) is 0 Å². The van der Waals surface area contributed by atoms with E-state index in [-0.39, 0.29) is 19.0 Å². The molecule has 2 aromatic rings. The highest BCUT2D eigenvalue weighted by Gasteiger charge is 2.16. The van der Waals surface area contributed by atoms with Crippen LogP contribution in [0.15, 0.2) is 48.8 Å². The number of halogens is 1. The Morgan fingerprint density at radius 3 is 2.68 bits per heavy atom. The fourth-order valence-electron chi connectivity index (χ4n) is 2.28. The van der Waals surface area contributed by atoms with Crippen LogP contribution >= 0.6 is 11.6 Å². The lowest BCUT2D eigenvalue weighted by molar-refractivity contribution is 0.0951. The molecule has 8 heteroatoms. The quantitative estimate of drug-likeness (QED) is 0.758. The second-order valence-corrected chi connectivity index (χ2v) is 7.96. The Morgan fingerprint density at radius 2 is 2.04 bits per heavy atom. The van der Waals surface area contributed by atoms with Crippen molar-refractivity contribution in [2.75, 3.05) is 25.9 Å². The molecule has 0 unspecified atom stereocenters. The van der Waals surface area contributed by atoms with Crippen LogP contribution in [0.5, 0.6) is 0 Å². The van der Waals surface area contributed by atoms with Crippen molar-refractivity contribution in [3.8, 4) is 0 Å². The van der Waals surface area contributed by atoms with E-state index in [1.807, 2.05) is 18.2 Å². The molecule has 0 fully saturated rings. The van der Waals surface area contributed by atoms with Crippen LogP contribution < -0.4 is 5.32 Å². The topological polar surface area (TPSA) is 79.4 Å². The van der Waals surface area contributed by atoms with E-state index in [1.54, 1.807) is 24.4 Å². The highest BCUT2D eigenvalue weighted by atomic mass is 35.5. The third-order valence-electron chi connectivity index (χ3n) is 3.58. The number of amides is 1. The van der Waals surface area contributed by atoms with Gasteiger partial charge in [-0.2, -0.15) is 0 Å². The number of sulfonamides is 1. The normalized spacial score (nSPS) is 11.5. The Hall–Kier alpha value is -1.96. The van der Waals surface area contributed by atoms with Gasteiger partial charge in [0.1, 0.15) is 0 Å². The first-order chi connectivity index (χ1) is 11.9. The van der Waals surface area contributed by atoms with Crippen LogP contribution in [-0.2, 0) is 16.4 Å². The predicted octanol–water partition coefficient (Wildman–Crippen LogP) is 1.97. The van der Waals surface area contributed by atoms with Crippen molar-refractivity contribution < 1.29 is 13.2 Å². The molecule has 1 amide bonds. The van der Waals surface area contributed by atoms with Crippen LogP contribution in [0.4, 0.5) is 0 Å². The van der Waals surface area contributed by atoms with Gasteiger partial charge in [-0.25, -0.2) is 12.7 Å². The van der Waals surface area contributed by atoms with E-state index in [9.17, 15) is 13.2 Å². The monoisotopic (exact) mass is 381 g/mol. The van der Waals surface area contributed by atoms with Crippen molar-refractivity contribution >= 4 is 27.5 Å². The Balaban J connectivity index is 1.89. The van der Waals surface area contributed by atoms with Gasteiger partial charge in [0.05, 0.1) is 11.8 Å². The number of nitrogens with one attached hydrogen (secondary N) is 1. The Kier molecular flexibility index (Phi) is 6.92. The number of hydrogen-bond acceptors (Lipinski definition) is 4. The molecule has 0 spiro atoms. The lowest BCUT2D eigenvalue weighted by Gasteiger charge is -2.20. The van der Waals surface area contributed by atoms with Gasteiger partial charge in [-0.15, -0.1) is 0 Å². The van der Waals surface area contributed by atoms with Crippen LogP contribution in [0.25, 0.3) is 0 Å². The van der Waals surface area contributed by atoms with E-state index in [1.165, 1.54) is 10.5 Å². The number of carbonyl (C=O) groups is 1. The van der Waals surface area contributed by atoms with Crippen molar-refractivity contribution in [1.82, 2.24) is 14.6 Å². The summed E-state index contributed by atoms with van der Waals surface area (Å²) in [4.78, 5) is 15.8. The molecule has 0 radical (unpaired) electrons. The van der Waals surface area contributed by atoms with Crippen molar-refractivity contribution in [2.45, 2.75) is 6.42 Å². The van der Waals surface area contributed by atoms with Gasteiger partial charge in [0.2, 0.25) is 10.0 Å². The fourth-order valence-corrected chi connectivity index (χ4v) is 3.34. The maximum Gasteiger partial charge on any atom is 0.252 e. The Morgan fingerprint density at radius 1 is 1.24 bits per heavy atom. The second-order valence-electron chi connectivity index (χ2n) is 5.54. The number of rotatable bonds is 8. The van der Waals surface area contributed by atoms with E-state index in [2.05, 4.69) is 10.3 Å². The van der Waals surface area contributed by atoms with Gasteiger partial charge < -0.3 is 5.32 Å². The molecule has 0 bridgehead atoms. The molecular weight excluding hydrogens is 362 g/mol. The lowest BCUT2D eigenvalue weighted by atomic mass is 10.1. The van der Waals surface area contributed by atoms with Crippen molar-refractivity contribution in [2.24, 2.45) is 0 Å². The maximum atomic E-state index is 12.0. The minimum absolute atomic E-state index is 0.200. The summed E-state index contributed by atoms with van der Waals surface area (Å²) in [5.74, 6) is -0.281. The predicted molar refractivity (Wildman–Crippen MR) is 98.1 cm³/mol. The number of aromatic nitrogens is 1. The minimum atomic E-state index is -3.37. The van der Waals surface area contributed by atoms with Crippen LogP contribution in [0.3, 0.4) is 0 Å². The summed E-state index contributed by atoms with van der Waals surface area (Å²) >= 11 is 5.94. The highest BCUT2D eigenvalue weighted by Crippen LogP contribution is 2.12.